The number of carbonyl (C=O) groups excluding carboxylic acids is 2. The van der Waals surface area contributed by atoms with Gasteiger partial charge in [-0.15, -0.1) is 0 Å². The summed E-state index contributed by atoms with van der Waals surface area (Å²) in [5, 5.41) is 0. The Balaban J connectivity index is 1.72. The molecule has 1 fully saturated rings. The van der Waals surface area contributed by atoms with Crippen molar-refractivity contribution in [3.63, 3.8) is 0 Å². The first-order chi connectivity index (χ1) is 13.3. The van der Waals surface area contributed by atoms with E-state index in [4.69, 9.17) is 4.74 Å². The van der Waals surface area contributed by atoms with Gasteiger partial charge in [0.15, 0.2) is 0 Å². The maximum Gasteiger partial charge on any atom is 0.313 e. The van der Waals surface area contributed by atoms with Gasteiger partial charge in [-0.1, -0.05) is 79.9 Å². The Morgan fingerprint density at radius 1 is 0.963 bits per heavy atom. The molecule has 0 bridgehead atoms. The van der Waals surface area contributed by atoms with Crippen LogP contribution in [0.1, 0.15) is 55.6 Å². The van der Waals surface area contributed by atoms with Crippen LogP contribution in [0.3, 0.4) is 0 Å². The molecule has 0 aromatic heterocycles. The minimum atomic E-state index is -0.396. The summed E-state index contributed by atoms with van der Waals surface area (Å²) < 4.78 is 5.62. The van der Waals surface area contributed by atoms with Gasteiger partial charge in [0.25, 0.3) is 0 Å². The molecule has 1 aliphatic carbocycles. The van der Waals surface area contributed by atoms with E-state index in [9.17, 15) is 9.59 Å². The topological polar surface area (TPSA) is 43.4 Å². The number of benzene rings is 2. The third kappa shape index (κ3) is 5.53. The molecule has 2 aromatic carbocycles. The van der Waals surface area contributed by atoms with Crippen molar-refractivity contribution < 1.29 is 14.3 Å². The molecule has 2 atom stereocenters. The van der Waals surface area contributed by atoms with E-state index in [1.807, 2.05) is 60.7 Å². The third-order valence-corrected chi connectivity index (χ3v) is 5.65. The van der Waals surface area contributed by atoms with Crippen LogP contribution in [0.25, 0.3) is 0 Å². The van der Waals surface area contributed by atoms with Gasteiger partial charge in [0.05, 0.1) is 5.92 Å². The van der Waals surface area contributed by atoms with Crippen molar-refractivity contribution in [2.75, 3.05) is 0 Å². The lowest BCUT2D eigenvalue weighted by Gasteiger charge is -2.29. The zero-order chi connectivity index (χ0) is 18.9. The number of aldehydes is 1. The van der Waals surface area contributed by atoms with E-state index in [1.54, 1.807) is 0 Å². The fourth-order valence-electron chi connectivity index (χ4n) is 4.08. The van der Waals surface area contributed by atoms with Crippen LogP contribution >= 0.6 is 0 Å². The molecule has 0 spiro atoms. The molecule has 3 heteroatoms. The lowest BCUT2D eigenvalue weighted by Crippen LogP contribution is -2.25. The largest absolute Gasteiger partial charge is 0.460 e. The Bertz CT molecular complexity index is 705. The molecular weight excluding hydrogens is 336 g/mol. The molecule has 3 rings (SSSR count). The van der Waals surface area contributed by atoms with E-state index < -0.39 is 5.92 Å². The van der Waals surface area contributed by atoms with E-state index in [1.165, 1.54) is 19.3 Å². The molecular formula is C24H28O3. The normalized spacial score (nSPS) is 17.0. The van der Waals surface area contributed by atoms with Crippen molar-refractivity contribution in [3.05, 3.63) is 71.8 Å². The average Bonchev–Trinajstić information content (AvgIpc) is 2.75. The summed E-state index contributed by atoms with van der Waals surface area (Å²) >= 11 is 0. The molecule has 0 N–H and O–H groups in total. The zero-order valence-electron chi connectivity index (χ0n) is 15.8. The van der Waals surface area contributed by atoms with Gasteiger partial charge >= 0.3 is 5.97 Å². The minimum absolute atomic E-state index is 0.0835. The first-order valence-electron chi connectivity index (χ1n) is 9.98. The van der Waals surface area contributed by atoms with Gasteiger partial charge in [0.1, 0.15) is 12.9 Å². The SMILES string of the molecule is O=CC(CC(C(=O)OCc1ccccc1)c1ccccc1)C1CCCCC1. The summed E-state index contributed by atoms with van der Waals surface area (Å²) in [7, 11) is 0. The lowest BCUT2D eigenvalue weighted by atomic mass is 9.76. The molecule has 1 aliphatic rings. The van der Waals surface area contributed by atoms with Crippen molar-refractivity contribution >= 4 is 12.3 Å². The monoisotopic (exact) mass is 364 g/mol. The molecule has 0 radical (unpaired) electrons. The van der Waals surface area contributed by atoms with Crippen molar-refractivity contribution in [3.8, 4) is 0 Å². The van der Waals surface area contributed by atoms with Gasteiger partial charge < -0.3 is 9.53 Å². The van der Waals surface area contributed by atoms with Crippen molar-refractivity contribution in [2.45, 2.75) is 51.0 Å². The first kappa shape index (κ1) is 19.3. The molecule has 0 amide bonds. The fourth-order valence-corrected chi connectivity index (χ4v) is 4.08. The van der Waals surface area contributed by atoms with Crippen LogP contribution < -0.4 is 0 Å². The molecule has 1 saturated carbocycles. The van der Waals surface area contributed by atoms with E-state index in [0.717, 1.165) is 30.3 Å². The molecule has 27 heavy (non-hydrogen) atoms. The average molecular weight is 364 g/mol. The van der Waals surface area contributed by atoms with Crippen LogP contribution in [0.15, 0.2) is 60.7 Å². The second-order valence-corrected chi connectivity index (χ2v) is 7.49. The van der Waals surface area contributed by atoms with Gasteiger partial charge in [-0.3, -0.25) is 4.79 Å². The van der Waals surface area contributed by atoms with Gasteiger partial charge in [0.2, 0.25) is 0 Å². The molecule has 2 aromatic rings. The van der Waals surface area contributed by atoms with Crippen LogP contribution in [0.2, 0.25) is 0 Å². The molecule has 142 valence electrons. The number of rotatable bonds is 8. The van der Waals surface area contributed by atoms with Gasteiger partial charge in [-0.2, -0.15) is 0 Å². The summed E-state index contributed by atoms with van der Waals surface area (Å²) in [6, 6.07) is 19.4. The van der Waals surface area contributed by atoms with Crippen LogP contribution in [-0.2, 0) is 20.9 Å². The van der Waals surface area contributed by atoms with Gasteiger partial charge in [-0.25, -0.2) is 0 Å². The van der Waals surface area contributed by atoms with Crippen LogP contribution in [-0.4, -0.2) is 12.3 Å². The predicted octanol–water partition coefficient (Wildman–Crippen LogP) is 5.30. The standard InChI is InChI=1S/C24H28O3/c25-17-22(20-12-6-2-7-13-20)16-23(21-14-8-3-9-15-21)24(26)27-18-19-10-4-1-5-11-19/h1,3-5,8-11,14-15,17,20,22-23H,2,6-7,12-13,16,18H2. The predicted molar refractivity (Wildman–Crippen MR) is 106 cm³/mol. The van der Waals surface area contributed by atoms with Crippen molar-refractivity contribution in [2.24, 2.45) is 11.8 Å². The highest BCUT2D eigenvalue weighted by atomic mass is 16.5. The molecule has 3 nitrogen and oxygen atoms in total. The van der Waals surface area contributed by atoms with E-state index in [-0.39, 0.29) is 18.5 Å². The second kappa shape index (κ2) is 10.1. The van der Waals surface area contributed by atoms with Gasteiger partial charge in [0, 0.05) is 5.92 Å². The summed E-state index contributed by atoms with van der Waals surface area (Å²) in [5.74, 6) is -0.330. The number of hydrogen-bond acceptors (Lipinski definition) is 3. The maximum atomic E-state index is 12.9. The zero-order valence-corrected chi connectivity index (χ0v) is 15.8. The Labute approximate surface area is 161 Å². The number of hydrogen-bond donors (Lipinski definition) is 0. The highest BCUT2D eigenvalue weighted by Gasteiger charge is 2.31. The Morgan fingerprint density at radius 2 is 1.59 bits per heavy atom. The number of ether oxygens (including phenoxy) is 1. The molecule has 2 unspecified atom stereocenters. The van der Waals surface area contributed by atoms with Crippen LogP contribution in [0, 0.1) is 11.8 Å². The Hall–Kier alpha value is -2.42. The van der Waals surface area contributed by atoms with E-state index >= 15 is 0 Å². The van der Waals surface area contributed by atoms with Crippen LogP contribution in [0.4, 0.5) is 0 Å². The van der Waals surface area contributed by atoms with Crippen LogP contribution in [0.5, 0.6) is 0 Å². The molecule has 0 saturated heterocycles. The second-order valence-electron chi connectivity index (χ2n) is 7.49. The first-order valence-corrected chi connectivity index (χ1v) is 9.98. The number of carbonyl (C=O) groups is 2. The quantitative estimate of drug-likeness (QED) is 0.471. The molecule has 0 heterocycles. The fraction of sp³-hybridized carbons (Fsp3) is 0.417. The number of esters is 1. The van der Waals surface area contributed by atoms with E-state index in [2.05, 4.69) is 0 Å². The highest BCUT2D eigenvalue weighted by Crippen LogP contribution is 2.35. The minimum Gasteiger partial charge on any atom is -0.460 e. The smallest absolute Gasteiger partial charge is 0.313 e. The highest BCUT2D eigenvalue weighted by molar-refractivity contribution is 5.78. The maximum absolute atomic E-state index is 12.9. The Kier molecular flexibility index (Phi) is 7.20. The third-order valence-electron chi connectivity index (χ3n) is 5.65. The Morgan fingerprint density at radius 3 is 2.22 bits per heavy atom. The van der Waals surface area contributed by atoms with E-state index in [0.29, 0.717) is 12.3 Å². The van der Waals surface area contributed by atoms with Crippen molar-refractivity contribution in [1.82, 2.24) is 0 Å². The summed E-state index contributed by atoms with van der Waals surface area (Å²) in [6.45, 7) is 0.262. The van der Waals surface area contributed by atoms with Crippen molar-refractivity contribution in [1.29, 1.82) is 0 Å². The summed E-state index contributed by atoms with van der Waals surface area (Å²) in [6.07, 6.45) is 7.40. The lowest BCUT2D eigenvalue weighted by molar-refractivity contribution is -0.147. The van der Waals surface area contributed by atoms with Gasteiger partial charge in [-0.05, 0) is 36.3 Å². The summed E-state index contributed by atoms with van der Waals surface area (Å²) in [5.41, 5.74) is 1.90. The summed E-state index contributed by atoms with van der Waals surface area (Å²) in [4.78, 5) is 24.7. The molecule has 0 aliphatic heterocycles.